The highest BCUT2D eigenvalue weighted by molar-refractivity contribution is 6.32. The Bertz CT molecular complexity index is 1010. The number of benzene rings is 1. The Kier molecular flexibility index (Phi) is 10.4. The van der Waals surface area contributed by atoms with Crippen molar-refractivity contribution in [1.29, 1.82) is 0 Å². The molecule has 1 unspecified atom stereocenters. The minimum absolute atomic E-state index is 0.0246. The molecule has 13 heteroatoms. The summed E-state index contributed by atoms with van der Waals surface area (Å²) in [4.78, 5) is 16.6. The average Bonchev–Trinajstić information content (AvgIpc) is 3.28. The van der Waals surface area contributed by atoms with Gasteiger partial charge in [0.05, 0.1) is 6.04 Å². The Morgan fingerprint density at radius 1 is 1.09 bits per heavy atom. The van der Waals surface area contributed by atoms with E-state index >= 15 is 0 Å². The zero-order chi connectivity index (χ0) is 24.2. The van der Waals surface area contributed by atoms with Crippen molar-refractivity contribution >= 4 is 24.8 Å². The molecule has 3 aromatic rings. The third-order valence-electron chi connectivity index (χ3n) is 5.02. The maximum Gasteiger partial charge on any atom is 0.633 e. The first kappa shape index (κ1) is 25.7. The highest BCUT2D eigenvalue weighted by atomic mass is 35.5. The van der Waals surface area contributed by atoms with Crippen molar-refractivity contribution in [3.63, 3.8) is 0 Å². The van der Waals surface area contributed by atoms with E-state index in [1.165, 1.54) is 4.68 Å². The molecular weight excluding hydrogens is 461 g/mol. The lowest BCUT2D eigenvalue weighted by molar-refractivity contribution is -0.122. The molecule has 0 aliphatic rings. The van der Waals surface area contributed by atoms with Crippen LogP contribution in [0.15, 0.2) is 48.8 Å². The van der Waals surface area contributed by atoms with Gasteiger partial charge in [-0.1, -0.05) is 23.7 Å². The first-order chi connectivity index (χ1) is 16.5. The van der Waals surface area contributed by atoms with Crippen molar-refractivity contribution in [2.24, 2.45) is 0 Å². The van der Waals surface area contributed by atoms with Crippen molar-refractivity contribution in [3.05, 3.63) is 70.8 Å². The normalized spacial score (nSPS) is 11.9. The second-order valence-electron chi connectivity index (χ2n) is 7.58. The second-order valence-corrected chi connectivity index (χ2v) is 8.02. The predicted octanol–water partition coefficient (Wildman–Crippen LogP) is 1.03. The number of hydrogen-bond acceptors (Lipinski definition) is 9. The van der Waals surface area contributed by atoms with Crippen LogP contribution in [0, 0.1) is 0 Å². The van der Waals surface area contributed by atoms with E-state index in [1.54, 1.807) is 24.5 Å². The molecule has 3 rings (SSSR count). The van der Waals surface area contributed by atoms with Gasteiger partial charge in [0.1, 0.15) is 6.54 Å². The number of carbonyl (C=O) groups excluding carboxylic acids is 1. The van der Waals surface area contributed by atoms with Gasteiger partial charge in [0.15, 0.2) is 5.82 Å². The molecule has 1 atom stereocenters. The summed E-state index contributed by atoms with van der Waals surface area (Å²) in [5.41, 5.74) is 1.98. The monoisotopic (exact) mass is 487 g/mol. The number of pyridine rings is 1. The third kappa shape index (κ3) is 8.80. The number of amides is 1. The number of nitrogens with zero attached hydrogens (tertiary/aromatic N) is 5. The van der Waals surface area contributed by atoms with Gasteiger partial charge < -0.3 is 25.3 Å². The molecule has 1 amide bonds. The van der Waals surface area contributed by atoms with E-state index in [0.29, 0.717) is 36.8 Å². The molecular formula is C21H27BClN7O4. The molecule has 4 N–H and O–H groups in total. The molecule has 1 aromatic carbocycles. The molecule has 2 heterocycles. The zero-order valence-corrected chi connectivity index (χ0v) is 19.3. The standard InChI is InChI=1S/C21H27BClN7O4/c23-18-6-4-16(5-7-18)14-26-20(31)15-30-21(27-28-29-30)19(3-1-2-12-34-22(32)33)25-13-17-8-10-24-11-9-17/h4-11,19,25,32-33H,1-3,12-15H2,(H,26,31). The summed E-state index contributed by atoms with van der Waals surface area (Å²) in [6, 6.07) is 10.8. The van der Waals surface area contributed by atoms with Gasteiger partial charge in [-0.2, -0.15) is 0 Å². The fourth-order valence-corrected chi connectivity index (χ4v) is 3.40. The molecule has 2 aromatic heterocycles. The van der Waals surface area contributed by atoms with Crippen LogP contribution in [-0.4, -0.2) is 55.1 Å². The van der Waals surface area contributed by atoms with Crippen molar-refractivity contribution in [3.8, 4) is 0 Å². The van der Waals surface area contributed by atoms with E-state index in [4.69, 9.17) is 26.3 Å². The molecule has 34 heavy (non-hydrogen) atoms. The van der Waals surface area contributed by atoms with Crippen LogP contribution in [0.2, 0.25) is 5.02 Å². The lowest BCUT2D eigenvalue weighted by atomic mass is 10.1. The van der Waals surface area contributed by atoms with Crippen LogP contribution in [0.1, 0.15) is 42.3 Å². The summed E-state index contributed by atoms with van der Waals surface area (Å²) in [5, 5.41) is 36.5. The first-order valence-corrected chi connectivity index (χ1v) is 11.3. The highest BCUT2D eigenvalue weighted by Gasteiger charge is 2.20. The topological polar surface area (TPSA) is 147 Å². The lowest BCUT2D eigenvalue weighted by Crippen LogP contribution is -2.31. The first-order valence-electron chi connectivity index (χ1n) is 10.9. The molecule has 0 fully saturated rings. The molecule has 180 valence electrons. The molecule has 0 saturated carbocycles. The summed E-state index contributed by atoms with van der Waals surface area (Å²) in [6.45, 7) is 1.12. The number of aromatic nitrogens is 5. The summed E-state index contributed by atoms with van der Waals surface area (Å²) in [7, 11) is -1.78. The van der Waals surface area contributed by atoms with Crippen LogP contribution in [0.25, 0.3) is 0 Å². The van der Waals surface area contributed by atoms with Gasteiger partial charge in [0.2, 0.25) is 5.91 Å². The summed E-state index contributed by atoms with van der Waals surface area (Å²) < 4.78 is 6.25. The van der Waals surface area contributed by atoms with Crippen LogP contribution in [0.5, 0.6) is 0 Å². The van der Waals surface area contributed by atoms with E-state index in [0.717, 1.165) is 17.5 Å². The molecule has 0 bridgehead atoms. The fourth-order valence-electron chi connectivity index (χ4n) is 3.27. The predicted molar refractivity (Wildman–Crippen MR) is 125 cm³/mol. The average molecular weight is 488 g/mol. The van der Waals surface area contributed by atoms with Crippen LogP contribution >= 0.6 is 11.6 Å². The minimum Gasteiger partial charge on any atom is -0.402 e. The van der Waals surface area contributed by atoms with Crippen LogP contribution < -0.4 is 10.6 Å². The molecule has 11 nitrogen and oxygen atoms in total. The maximum absolute atomic E-state index is 12.5. The van der Waals surface area contributed by atoms with E-state index in [-0.39, 0.29) is 25.1 Å². The summed E-state index contributed by atoms with van der Waals surface area (Å²) in [6.07, 6.45) is 5.44. The number of carbonyl (C=O) groups is 1. The van der Waals surface area contributed by atoms with Crippen molar-refractivity contribution in [2.75, 3.05) is 6.61 Å². The Balaban J connectivity index is 1.59. The molecule has 0 aliphatic carbocycles. The van der Waals surface area contributed by atoms with Crippen LogP contribution in [0.3, 0.4) is 0 Å². The van der Waals surface area contributed by atoms with Gasteiger partial charge in [-0.3, -0.25) is 9.78 Å². The number of halogens is 1. The number of nitrogens with one attached hydrogen (secondary N) is 2. The molecule has 0 saturated heterocycles. The quantitative estimate of drug-likeness (QED) is 0.193. The highest BCUT2D eigenvalue weighted by Crippen LogP contribution is 2.18. The van der Waals surface area contributed by atoms with Gasteiger partial charge in [-0.25, -0.2) is 4.68 Å². The van der Waals surface area contributed by atoms with Gasteiger partial charge in [0, 0.05) is 37.1 Å². The lowest BCUT2D eigenvalue weighted by Gasteiger charge is -2.18. The molecule has 0 radical (unpaired) electrons. The van der Waals surface area contributed by atoms with Crippen LogP contribution in [-0.2, 0) is 29.1 Å². The van der Waals surface area contributed by atoms with E-state index in [1.807, 2.05) is 24.3 Å². The SMILES string of the molecule is O=C(Cn1nnnc1C(CCCCOB(O)O)NCc1ccncc1)NCc1ccc(Cl)cc1. The Hall–Kier alpha value is -2.90. The number of hydrogen-bond donors (Lipinski definition) is 4. The van der Waals surface area contributed by atoms with Gasteiger partial charge >= 0.3 is 7.32 Å². The Morgan fingerprint density at radius 2 is 1.82 bits per heavy atom. The smallest absolute Gasteiger partial charge is 0.402 e. The van der Waals surface area contributed by atoms with Gasteiger partial charge in [-0.15, -0.1) is 5.10 Å². The van der Waals surface area contributed by atoms with E-state index in [2.05, 4.69) is 31.1 Å². The molecule has 0 spiro atoms. The van der Waals surface area contributed by atoms with Gasteiger partial charge in [0.25, 0.3) is 0 Å². The minimum atomic E-state index is -1.78. The Morgan fingerprint density at radius 3 is 2.56 bits per heavy atom. The fraction of sp³-hybridized carbons (Fsp3) is 0.381. The van der Waals surface area contributed by atoms with Gasteiger partial charge in [-0.05, 0) is 65.1 Å². The third-order valence-corrected chi connectivity index (χ3v) is 5.28. The summed E-state index contributed by atoms with van der Waals surface area (Å²) >= 11 is 5.90. The van der Waals surface area contributed by atoms with Crippen molar-refractivity contribution in [1.82, 2.24) is 35.8 Å². The molecule has 0 aliphatic heterocycles. The zero-order valence-electron chi connectivity index (χ0n) is 18.5. The van der Waals surface area contributed by atoms with Crippen LogP contribution in [0.4, 0.5) is 0 Å². The Labute approximate surface area is 202 Å². The maximum atomic E-state index is 12.5. The summed E-state index contributed by atoms with van der Waals surface area (Å²) in [5.74, 6) is 0.320. The largest absolute Gasteiger partial charge is 0.633 e. The van der Waals surface area contributed by atoms with Crippen molar-refractivity contribution in [2.45, 2.75) is 44.9 Å². The van der Waals surface area contributed by atoms with E-state index < -0.39 is 7.32 Å². The number of rotatable bonds is 14. The number of tetrazole rings is 1. The second kappa shape index (κ2) is 13.7. The van der Waals surface area contributed by atoms with E-state index in [9.17, 15) is 4.79 Å². The van der Waals surface area contributed by atoms with Crippen molar-refractivity contribution < 1.29 is 19.5 Å². The number of unbranched alkanes of at least 4 members (excludes halogenated alkanes) is 1.